The first-order chi connectivity index (χ1) is 12.5. The maximum atomic E-state index is 12.5. The number of nitrogens with one attached hydrogen (secondary N) is 1. The molecule has 0 fully saturated rings. The predicted molar refractivity (Wildman–Crippen MR) is 102 cm³/mol. The predicted octanol–water partition coefficient (Wildman–Crippen LogP) is 4.07. The molecule has 0 saturated carbocycles. The van der Waals surface area contributed by atoms with E-state index in [4.69, 9.17) is 21.1 Å². The molecule has 0 spiro atoms. The molecular weight excluding hydrogens is 374 g/mol. The van der Waals surface area contributed by atoms with E-state index in [0.29, 0.717) is 22.2 Å². The van der Waals surface area contributed by atoms with Crippen molar-refractivity contribution in [1.29, 1.82) is 0 Å². The zero-order valence-electron chi connectivity index (χ0n) is 14.2. The van der Waals surface area contributed by atoms with E-state index in [-0.39, 0.29) is 18.0 Å². The number of amides is 1. The number of nitrogens with zero attached hydrogens (tertiary/aromatic N) is 2. The Labute approximate surface area is 159 Å². The monoisotopic (exact) mass is 389 g/mol. The molecule has 2 aromatic carbocycles. The third-order valence-corrected chi connectivity index (χ3v) is 5.47. The van der Waals surface area contributed by atoms with E-state index in [9.17, 15) is 4.79 Å². The van der Waals surface area contributed by atoms with Crippen LogP contribution in [0.2, 0.25) is 5.02 Å². The largest absolute Gasteiger partial charge is 0.454 e. The number of benzene rings is 2. The van der Waals surface area contributed by atoms with Crippen LogP contribution in [0.15, 0.2) is 41.6 Å². The number of thioether (sulfide) groups is 1. The SMILES string of the molecule is CC(Sc1nc2cc(Cl)ccc2n1C)C(=O)Nc1ccc2c(c1)OCO2. The quantitative estimate of drug-likeness (QED) is 0.681. The van der Waals surface area contributed by atoms with Gasteiger partial charge in [-0.15, -0.1) is 0 Å². The maximum absolute atomic E-state index is 12.5. The molecule has 1 unspecified atom stereocenters. The lowest BCUT2D eigenvalue weighted by molar-refractivity contribution is -0.115. The summed E-state index contributed by atoms with van der Waals surface area (Å²) in [4.78, 5) is 17.1. The summed E-state index contributed by atoms with van der Waals surface area (Å²) >= 11 is 7.42. The van der Waals surface area contributed by atoms with Gasteiger partial charge in [-0.05, 0) is 37.3 Å². The maximum Gasteiger partial charge on any atom is 0.237 e. The van der Waals surface area contributed by atoms with Crippen LogP contribution in [0, 0.1) is 0 Å². The number of aromatic nitrogens is 2. The normalized spacial score (nSPS) is 13.8. The molecule has 3 aromatic rings. The van der Waals surface area contributed by atoms with Crippen LogP contribution in [-0.4, -0.2) is 27.5 Å². The minimum Gasteiger partial charge on any atom is -0.454 e. The molecule has 26 heavy (non-hydrogen) atoms. The highest BCUT2D eigenvalue weighted by Crippen LogP contribution is 2.34. The molecule has 6 nitrogen and oxygen atoms in total. The molecule has 0 radical (unpaired) electrons. The average Bonchev–Trinajstić information content (AvgIpc) is 3.19. The van der Waals surface area contributed by atoms with Crippen LogP contribution < -0.4 is 14.8 Å². The fourth-order valence-corrected chi connectivity index (χ4v) is 3.74. The van der Waals surface area contributed by atoms with Crippen molar-refractivity contribution in [2.24, 2.45) is 7.05 Å². The Morgan fingerprint density at radius 1 is 1.27 bits per heavy atom. The molecule has 0 saturated heterocycles. The number of ether oxygens (including phenoxy) is 2. The van der Waals surface area contributed by atoms with E-state index >= 15 is 0 Å². The van der Waals surface area contributed by atoms with Crippen molar-refractivity contribution in [2.45, 2.75) is 17.3 Å². The summed E-state index contributed by atoms with van der Waals surface area (Å²) in [5.74, 6) is 1.21. The highest BCUT2D eigenvalue weighted by Gasteiger charge is 2.20. The minimum atomic E-state index is -0.327. The lowest BCUT2D eigenvalue weighted by Gasteiger charge is -2.12. The van der Waals surface area contributed by atoms with Gasteiger partial charge in [0, 0.05) is 23.8 Å². The molecule has 0 bridgehead atoms. The summed E-state index contributed by atoms with van der Waals surface area (Å²) in [6, 6.07) is 10.9. The molecule has 134 valence electrons. The number of carbonyl (C=O) groups is 1. The number of halogens is 1. The molecular formula is C18H16ClN3O3S. The van der Waals surface area contributed by atoms with Crippen molar-refractivity contribution >= 4 is 46.0 Å². The van der Waals surface area contributed by atoms with Crippen LogP contribution in [0.4, 0.5) is 5.69 Å². The number of hydrogen-bond donors (Lipinski definition) is 1. The van der Waals surface area contributed by atoms with Gasteiger partial charge in [0.15, 0.2) is 16.7 Å². The van der Waals surface area contributed by atoms with Gasteiger partial charge in [0.1, 0.15) is 0 Å². The van der Waals surface area contributed by atoms with E-state index in [1.807, 2.05) is 36.7 Å². The summed E-state index contributed by atoms with van der Waals surface area (Å²) in [7, 11) is 1.92. The highest BCUT2D eigenvalue weighted by molar-refractivity contribution is 8.00. The number of anilines is 1. The van der Waals surface area contributed by atoms with Crippen molar-refractivity contribution in [3.63, 3.8) is 0 Å². The van der Waals surface area contributed by atoms with Gasteiger partial charge < -0.3 is 19.4 Å². The van der Waals surface area contributed by atoms with E-state index in [1.54, 1.807) is 18.2 Å². The minimum absolute atomic E-state index is 0.112. The Balaban J connectivity index is 1.48. The Morgan fingerprint density at radius 3 is 2.92 bits per heavy atom. The molecule has 8 heteroatoms. The zero-order chi connectivity index (χ0) is 18.3. The molecule has 0 aliphatic carbocycles. The first-order valence-corrected chi connectivity index (χ1v) is 9.26. The molecule has 1 aromatic heterocycles. The van der Waals surface area contributed by atoms with Crippen molar-refractivity contribution < 1.29 is 14.3 Å². The Bertz CT molecular complexity index is 1000. The van der Waals surface area contributed by atoms with E-state index < -0.39 is 0 Å². The molecule has 1 atom stereocenters. The number of carbonyl (C=O) groups excluding carboxylic acids is 1. The van der Waals surface area contributed by atoms with Gasteiger partial charge in [0.05, 0.1) is 16.3 Å². The van der Waals surface area contributed by atoms with Gasteiger partial charge in [-0.25, -0.2) is 4.98 Å². The van der Waals surface area contributed by atoms with Gasteiger partial charge in [-0.2, -0.15) is 0 Å². The van der Waals surface area contributed by atoms with Crippen LogP contribution in [0.25, 0.3) is 11.0 Å². The van der Waals surface area contributed by atoms with Crippen molar-refractivity contribution in [3.05, 3.63) is 41.4 Å². The van der Waals surface area contributed by atoms with E-state index in [1.165, 1.54) is 11.8 Å². The second kappa shape index (κ2) is 6.74. The number of imidazole rings is 1. The first kappa shape index (κ1) is 17.1. The number of rotatable bonds is 4. The second-order valence-corrected chi connectivity index (χ2v) is 7.65. The average molecular weight is 390 g/mol. The molecule has 1 amide bonds. The molecule has 1 aliphatic heterocycles. The van der Waals surface area contributed by atoms with Gasteiger partial charge in [-0.1, -0.05) is 23.4 Å². The second-order valence-electron chi connectivity index (χ2n) is 5.90. The Morgan fingerprint density at radius 2 is 2.08 bits per heavy atom. The topological polar surface area (TPSA) is 65.4 Å². The fourth-order valence-electron chi connectivity index (χ4n) is 2.69. The summed E-state index contributed by atoms with van der Waals surface area (Å²) in [5.41, 5.74) is 2.45. The van der Waals surface area contributed by atoms with Crippen LogP contribution in [0.1, 0.15) is 6.92 Å². The van der Waals surface area contributed by atoms with Crippen LogP contribution in [0.5, 0.6) is 11.5 Å². The molecule has 1 aliphatic rings. The van der Waals surface area contributed by atoms with Crippen LogP contribution in [-0.2, 0) is 11.8 Å². The van der Waals surface area contributed by atoms with Gasteiger partial charge in [0.25, 0.3) is 0 Å². The third-order valence-electron chi connectivity index (χ3n) is 4.09. The van der Waals surface area contributed by atoms with Gasteiger partial charge in [-0.3, -0.25) is 4.79 Å². The van der Waals surface area contributed by atoms with Crippen molar-refractivity contribution in [1.82, 2.24) is 9.55 Å². The van der Waals surface area contributed by atoms with Crippen LogP contribution >= 0.6 is 23.4 Å². The highest BCUT2D eigenvalue weighted by atomic mass is 35.5. The fraction of sp³-hybridized carbons (Fsp3) is 0.222. The smallest absolute Gasteiger partial charge is 0.237 e. The van der Waals surface area contributed by atoms with Gasteiger partial charge >= 0.3 is 0 Å². The molecule has 4 rings (SSSR count). The molecule has 1 N–H and O–H groups in total. The molecule has 2 heterocycles. The third kappa shape index (κ3) is 3.20. The van der Waals surface area contributed by atoms with E-state index in [2.05, 4.69) is 10.3 Å². The summed E-state index contributed by atoms with van der Waals surface area (Å²) < 4.78 is 12.6. The summed E-state index contributed by atoms with van der Waals surface area (Å²) in [6.45, 7) is 2.05. The van der Waals surface area contributed by atoms with Gasteiger partial charge in [0.2, 0.25) is 12.7 Å². The lowest BCUT2D eigenvalue weighted by atomic mass is 10.2. The number of aryl methyl sites for hydroxylation is 1. The van der Waals surface area contributed by atoms with Crippen LogP contribution in [0.3, 0.4) is 0 Å². The number of hydrogen-bond acceptors (Lipinski definition) is 5. The zero-order valence-corrected chi connectivity index (χ0v) is 15.7. The number of fused-ring (bicyclic) bond motifs is 2. The van der Waals surface area contributed by atoms with E-state index in [0.717, 1.165) is 16.2 Å². The lowest BCUT2D eigenvalue weighted by Crippen LogP contribution is -2.22. The Hall–Kier alpha value is -2.38. The first-order valence-electron chi connectivity index (χ1n) is 8.00. The standard InChI is InChI=1S/C18H16ClN3O3S/c1-10(17(23)20-12-4-6-15-16(8-12)25-9-24-15)26-18-21-13-7-11(19)3-5-14(13)22(18)2/h3-8,10H,9H2,1-2H3,(H,20,23). The van der Waals surface area contributed by atoms with Crippen molar-refractivity contribution in [2.75, 3.05) is 12.1 Å². The summed E-state index contributed by atoms with van der Waals surface area (Å²) in [5, 5.41) is 3.97. The summed E-state index contributed by atoms with van der Waals surface area (Å²) in [6.07, 6.45) is 0. The van der Waals surface area contributed by atoms with Crippen molar-refractivity contribution in [3.8, 4) is 11.5 Å². The Kier molecular flexibility index (Phi) is 4.42.